The van der Waals surface area contributed by atoms with Gasteiger partial charge in [-0.3, -0.25) is 10.1 Å². The molecule has 9 heteroatoms. The zero-order valence-corrected chi connectivity index (χ0v) is 25.1. The summed E-state index contributed by atoms with van der Waals surface area (Å²) in [5.41, 5.74) is 6.71. The van der Waals surface area contributed by atoms with Crippen LogP contribution in [0, 0.1) is 5.82 Å². The van der Waals surface area contributed by atoms with E-state index in [0.29, 0.717) is 27.2 Å². The smallest absolute Gasteiger partial charge is 0.242 e. The molecule has 0 saturated carbocycles. The molecule has 2 unspecified atom stereocenters. The first kappa shape index (κ1) is 31.8. The number of halogens is 1. The fourth-order valence-corrected chi connectivity index (χ4v) is 6.21. The summed E-state index contributed by atoms with van der Waals surface area (Å²) in [6.45, 7) is 2.81. The quantitative estimate of drug-likeness (QED) is 0.239. The molecule has 7 nitrogen and oxygen atoms in total. The molecule has 1 aromatic heterocycles. The Kier molecular flexibility index (Phi) is 10.3. The lowest BCUT2D eigenvalue weighted by Crippen LogP contribution is -2.45. The van der Waals surface area contributed by atoms with Crippen molar-refractivity contribution in [1.29, 1.82) is 0 Å². The van der Waals surface area contributed by atoms with E-state index >= 15 is 0 Å². The second-order valence-electron chi connectivity index (χ2n) is 10.2. The van der Waals surface area contributed by atoms with Crippen LogP contribution in [-0.2, 0) is 18.4 Å². The molecule has 0 radical (unpaired) electrons. The van der Waals surface area contributed by atoms with Crippen LogP contribution >= 0.6 is 8.58 Å². The van der Waals surface area contributed by atoms with Gasteiger partial charge in [0.25, 0.3) is 0 Å². The Labute approximate surface area is 254 Å². The SMILES string of the molecule is C.COc1cc(/C=C2/C(C)=C(C(NCC3=CPCC=C3)C(=O)NCc3cccn3C)c3cc(F)ccc32)cc(OC)c1O. The summed E-state index contributed by atoms with van der Waals surface area (Å²) in [5.74, 6) is 2.08. The van der Waals surface area contributed by atoms with Crippen LogP contribution in [0.5, 0.6) is 17.2 Å². The van der Waals surface area contributed by atoms with E-state index in [1.165, 1.54) is 26.4 Å². The maximum Gasteiger partial charge on any atom is 0.242 e. The molecule has 2 aliphatic rings. The monoisotopic (exact) mass is 603 g/mol. The largest absolute Gasteiger partial charge is 0.502 e. The molecule has 1 amide bonds. The fraction of sp³-hybridized carbons (Fsp3) is 0.265. The van der Waals surface area contributed by atoms with E-state index in [1.807, 2.05) is 42.9 Å². The number of nitrogens with one attached hydrogen (secondary N) is 2. The average molecular weight is 604 g/mol. The lowest BCUT2D eigenvalue weighted by Gasteiger charge is -2.22. The molecule has 3 aromatic rings. The lowest BCUT2D eigenvalue weighted by molar-refractivity contribution is -0.121. The molecule has 226 valence electrons. The number of phenolic OH excluding ortho intramolecular Hbond substituents is 1. The van der Waals surface area contributed by atoms with Crippen molar-refractivity contribution in [1.82, 2.24) is 15.2 Å². The predicted octanol–water partition coefficient (Wildman–Crippen LogP) is 6.26. The molecule has 2 atom stereocenters. The molecule has 5 rings (SSSR count). The molecule has 0 bridgehead atoms. The number of rotatable bonds is 10. The number of ether oxygens (including phenoxy) is 2. The zero-order valence-electron chi connectivity index (χ0n) is 24.1. The van der Waals surface area contributed by atoms with Crippen molar-refractivity contribution in [3.63, 3.8) is 0 Å². The number of carbonyl (C=O) groups is 1. The summed E-state index contributed by atoms with van der Waals surface area (Å²) < 4.78 is 27.4. The number of aromatic hydroxyl groups is 1. The molecule has 43 heavy (non-hydrogen) atoms. The summed E-state index contributed by atoms with van der Waals surface area (Å²) in [6.07, 6.45) is 9.14. The van der Waals surface area contributed by atoms with E-state index in [-0.39, 0.29) is 36.4 Å². The molecular formula is C34H39FN3O4P. The van der Waals surface area contributed by atoms with Crippen molar-refractivity contribution < 1.29 is 23.8 Å². The number of carbonyl (C=O) groups excluding carboxylic acids is 1. The number of aromatic nitrogens is 1. The van der Waals surface area contributed by atoms with Crippen molar-refractivity contribution in [2.24, 2.45) is 7.05 Å². The molecule has 0 saturated heterocycles. The third kappa shape index (κ3) is 6.76. The molecular weight excluding hydrogens is 564 g/mol. The summed E-state index contributed by atoms with van der Waals surface area (Å²) >= 11 is 0. The van der Waals surface area contributed by atoms with E-state index in [9.17, 15) is 14.3 Å². The second-order valence-corrected chi connectivity index (χ2v) is 11.3. The second kappa shape index (κ2) is 13.9. The van der Waals surface area contributed by atoms with Crippen LogP contribution in [0.1, 0.15) is 36.7 Å². The van der Waals surface area contributed by atoms with E-state index in [1.54, 1.807) is 18.2 Å². The van der Waals surface area contributed by atoms with Gasteiger partial charge < -0.3 is 24.5 Å². The Morgan fingerprint density at radius 3 is 2.51 bits per heavy atom. The Balaban J connectivity index is 0.00000423. The van der Waals surface area contributed by atoms with Gasteiger partial charge in [0.15, 0.2) is 11.5 Å². The number of fused-ring (bicyclic) bond motifs is 1. The highest BCUT2D eigenvalue weighted by Gasteiger charge is 2.33. The molecule has 0 fully saturated rings. The average Bonchev–Trinajstić information content (AvgIpc) is 3.52. The van der Waals surface area contributed by atoms with Crippen molar-refractivity contribution in [3.8, 4) is 17.2 Å². The maximum atomic E-state index is 14.7. The van der Waals surface area contributed by atoms with Crippen molar-refractivity contribution in [2.45, 2.75) is 26.9 Å². The van der Waals surface area contributed by atoms with Crippen LogP contribution in [0.4, 0.5) is 4.39 Å². The van der Waals surface area contributed by atoms with Crippen molar-refractivity contribution in [2.75, 3.05) is 26.9 Å². The minimum absolute atomic E-state index is 0. The van der Waals surface area contributed by atoms with Gasteiger partial charge in [-0.2, -0.15) is 0 Å². The van der Waals surface area contributed by atoms with E-state index in [2.05, 4.69) is 28.6 Å². The standard InChI is InChI=1S/C33H35FN3O4P.CH4/c1-20-26(13-22-14-28(40-3)32(38)29(15-22)41-4)25-10-9-23(34)16-27(25)30(20)31(35-17-21-7-6-12-42-19-21)33(39)36-18-24-8-5-11-37(24)2;/h5-11,13-16,19,31,35,38,42H,12,17-18H2,1-4H3,(H,36,39);1H4/b26-13-;. The molecule has 1 aliphatic carbocycles. The number of phenols is 1. The first-order chi connectivity index (χ1) is 20.3. The van der Waals surface area contributed by atoms with Crippen LogP contribution in [0.2, 0.25) is 0 Å². The Morgan fingerprint density at radius 1 is 1.14 bits per heavy atom. The summed E-state index contributed by atoms with van der Waals surface area (Å²) in [4.78, 5) is 13.9. The van der Waals surface area contributed by atoms with E-state index < -0.39 is 6.04 Å². The molecule has 0 spiro atoms. The number of amides is 1. The van der Waals surface area contributed by atoms with Gasteiger partial charge in [0.1, 0.15) is 11.9 Å². The number of hydrogen-bond acceptors (Lipinski definition) is 5. The van der Waals surface area contributed by atoms with Crippen molar-refractivity contribution >= 4 is 31.7 Å². The Bertz CT molecular complexity index is 1610. The zero-order chi connectivity index (χ0) is 29.8. The van der Waals surface area contributed by atoms with Crippen LogP contribution < -0.4 is 20.1 Å². The lowest BCUT2D eigenvalue weighted by atomic mass is 9.97. The van der Waals surface area contributed by atoms with E-state index in [4.69, 9.17) is 9.47 Å². The van der Waals surface area contributed by atoms with Gasteiger partial charge in [-0.05, 0) is 94.5 Å². The topological polar surface area (TPSA) is 84.8 Å². The highest BCUT2D eigenvalue weighted by atomic mass is 31.1. The van der Waals surface area contributed by atoms with Gasteiger partial charge in [-0.25, -0.2) is 4.39 Å². The summed E-state index contributed by atoms with van der Waals surface area (Å²) in [5, 5.41) is 17.0. The minimum Gasteiger partial charge on any atom is -0.502 e. The van der Waals surface area contributed by atoms with Crippen LogP contribution in [0.3, 0.4) is 0 Å². The fourth-order valence-electron chi connectivity index (χ4n) is 5.38. The number of nitrogens with zero attached hydrogens (tertiary/aromatic N) is 1. The van der Waals surface area contributed by atoms with Gasteiger partial charge in [0.2, 0.25) is 11.7 Å². The number of methoxy groups -OCH3 is 2. The Hall–Kier alpha value is -4.13. The van der Waals surface area contributed by atoms with Gasteiger partial charge in [-0.1, -0.05) is 40.0 Å². The predicted molar refractivity (Wildman–Crippen MR) is 174 cm³/mol. The van der Waals surface area contributed by atoms with Gasteiger partial charge in [-0.15, -0.1) is 0 Å². The van der Waals surface area contributed by atoms with Gasteiger partial charge in [0, 0.05) is 25.5 Å². The highest BCUT2D eigenvalue weighted by Crippen LogP contribution is 2.45. The molecule has 2 aromatic carbocycles. The first-order valence-corrected chi connectivity index (χ1v) is 15.0. The molecule has 3 N–H and O–H groups in total. The van der Waals surface area contributed by atoms with Crippen LogP contribution in [-0.4, -0.2) is 48.5 Å². The maximum absolute atomic E-state index is 14.7. The third-order valence-electron chi connectivity index (χ3n) is 7.59. The number of aryl methyl sites for hydroxylation is 1. The minimum atomic E-state index is -0.736. The van der Waals surface area contributed by atoms with Gasteiger partial charge >= 0.3 is 0 Å². The van der Waals surface area contributed by atoms with Crippen molar-refractivity contribution in [3.05, 3.63) is 106 Å². The third-order valence-corrected chi connectivity index (χ3v) is 8.64. The van der Waals surface area contributed by atoms with Crippen LogP contribution in [0.25, 0.3) is 17.2 Å². The number of allylic oxidation sites excluding steroid dienone is 3. The van der Waals surface area contributed by atoms with Gasteiger partial charge in [0.05, 0.1) is 20.8 Å². The first-order valence-electron chi connectivity index (χ1n) is 13.7. The summed E-state index contributed by atoms with van der Waals surface area (Å²) in [7, 11) is 5.60. The molecule has 2 heterocycles. The van der Waals surface area contributed by atoms with Crippen LogP contribution in [0.15, 0.2) is 77.8 Å². The molecule has 1 aliphatic heterocycles. The van der Waals surface area contributed by atoms with E-state index in [0.717, 1.165) is 45.3 Å². The number of benzene rings is 2. The normalized spacial score (nSPS) is 16.1. The number of hydrogen-bond donors (Lipinski definition) is 3. The highest BCUT2D eigenvalue weighted by molar-refractivity contribution is 7.42. The summed E-state index contributed by atoms with van der Waals surface area (Å²) in [6, 6.07) is 11.3. The Morgan fingerprint density at radius 2 is 1.88 bits per heavy atom.